The van der Waals surface area contributed by atoms with Gasteiger partial charge >= 0.3 is 0 Å². The van der Waals surface area contributed by atoms with Gasteiger partial charge in [-0.3, -0.25) is 0 Å². The lowest BCUT2D eigenvalue weighted by molar-refractivity contribution is 0.308. The van der Waals surface area contributed by atoms with Gasteiger partial charge in [0.2, 0.25) is 0 Å². The van der Waals surface area contributed by atoms with E-state index in [2.05, 4.69) is 11.0 Å². The summed E-state index contributed by atoms with van der Waals surface area (Å²) < 4.78 is 29.1. The van der Waals surface area contributed by atoms with Crippen LogP contribution in [0.1, 0.15) is 25.3 Å². The summed E-state index contributed by atoms with van der Waals surface area (Å²) in [7, 11) is -1.33. The van der Waals surface area contributed by atoms with Crippen LogP contribution < -0.4 is 4.90 Å². The molecule has 1 saturated heterocycles. The van der Waals surface area contributed by atoms with E-state index in [0.717, 1.165) is 24.1 Å². The summed E-state index contributed by atoms with van der Waals surface area (Å²) in [6, 6.07) is 8.03. The number of likely N-dealkylation sites (N-methyl/N-ethyl adjacent to an activating group) is 1. The van der Waals surface area contributed by atoms with Gasteiger partial charge < -0.3 is 4.90 Å². The average Bonchev–Trinajstić information content (AvgIpc) is 2.95. The summed E-state index contributed by atoms with van der Waals surface area (Å²) in [6.45, 7) is 4.48. The molecular formula is C15H23N3O2S. The van der Waals surface area contributed by atoms with Crippen LogP contribution >= 0.6 is 0 Å². The van der Waals surface area contributed by atoms with Gasteiger partial charge in [0.1, 0.15) is 0 Å². The lowest BCUT2D eigenvalue weighted by Gasteiger charge is -2.31. The molecule has 6 heteroatoms. The quantitative estimate of drug-likeness (QED) is 0.835. The van der Waals surface area contributed by atoms with E-state index in [-0.39, 0.29) is 6.04 Å². The molecule has 1 aromatic carbocycles. The van der Waals surface area contributed by atoms with Gasteiger partial charge in [0, 0.05) is 45.0 Å². The minimum atomic E-state index is -3.36. The van der Waals surface area contributed by atoms with Gasteiger partial charge in [-0.25, -0.2) is 0 Å². The number of hydrogen-bond acceptors (Lipinski definition) is 3. The second-order valence-corrected chi connectivity index (χ2v) is 7.90. The number of rotatable bonds is 2. The Balaban J connectivity index is 1.96. The van der Waals surface area contributed by atoms with Crippen LogP contribution in [-0.4, -0.2) is 49.8 Å². The van der Waals surface area contributed by atoms with E-state index in [9.17, 15) is 8.42 Å². The Bertz CT molecular complexity index is 611. The van der Waals surface area contributed by atoms with Crippen LogP contribution in [0, 0.1) is 0 Å². The van der Waals surface area contributed by atoms with E-state index >= 15 is 0 Å². The van der Waals surface area contributed by atoms with Gasteiger partial charge in [0.15, 0.2) is 0 Å². The molecule has 0 N–H and O–H groups in total. The first kappa shape index (κ1) is 14.8. The SMILES string of the molecule is C[C@@H]1CN(C)c2ccccc2CN1S(=O)(=O)N1CCCC1. The van der Waals surface area contributed by atoms with Crippen molar-refractivity contribution in [3.8, 4) is 0 Å². The number of para-hydroxylation sites is 1. The fraction of sp³-hybridized carbons (Fsp3) is 0.600. The largest absolute Gasteiger partial charge is 0.373 e. The minimum absolute atomic E-state index is 0.0343. The first-order valence-corrected chi connectivity index (χ1v) is 8.96. The Labute approximate surface area is 127 Å². The van der Waals surface area contributed by atoms with Crippen molar-refractivity contribution in [2.24, 2.45) is 0 Å². The zero-order valence-corrected chi connectivity index (χ0v) is 13.5. The number of hydrogen-bond donors (Lipinski definition) is 0. The number of anilines is 1. The van der Waals surface area contributed by atoms with E-state index in [1.54, 1.807) is 8.61 Å². The summed E-state index contributed by atoms with van der Waals surface area (Å²) in [5.74, 6) is 0. The molecule has 5 nitrogen and oxygen atoms in total. The van der Waals surface area contributed by atoms with Gasteiger partial charge in [0.25, 0.3) is 10.2 Å². The highest BCUT2D eigenvalue weighted by atomic mass is 32.2. The second-order valence-electron chi connectivity index (χ2n) is 6.02. The molecule has 1 aromatic rings. The maximum Gasteiger partial charge on any atom is 0.282 e. The highest BCUT2D eigenvalue weighted by Gasteiger charge is 2.37. The van der Waals surface area contributed by atoms with Crippen LogP contribution in [0.25, 0.3) is 0 Å². The number of nitrogens with zero attached hydrogens (tertiary/aromatic N) is 3. The lowest BCUT2D eigenvalue weighted by Crippen LogP contribution is -2.48. The van der Waals surface area contributed by atoms with E-state index < -0.39 is 10.2 Å². The summed E-state index contributed by atoms with van der Waals surface area (Å²) in [5.41, 5.74) is 2.20. The maximum absolute atomic E-state index is 12.9. The van der Waals surface area contributed by atoms with Gasteiger partial charge in [0.05, 0.1) is 0 Å². The lowest BCUT2D eigenvalue weighted by atomic mass is 10.1. The van der Waals surface area contributed by atoms with Gasteiger partial charge in [-0.1, -0.05) is 18.2 Å². The average molecular weight is 309 g/mol. The van der Waals surface area contributed by atoms with Crippen LogP contribution in [0.5, 0.6) is 0 Å². The molecule has 0 aliphatic carbocycles. The van der Waals surface area contributed by atoms with Crippen molar-refractivity contribution in [1.29, 1.82) is 0 Å². The minimum Gasteiger partial charge on any atom is -0.373 e. The molecule has 0 amide bonds. The summed E-state index contributed by atoms with van der Waals surface area (Å²) >= 11 is 0. The Morgan fingerprint density at radius 1 is 1.14 bits per heavy atom. The number of fused-ring (bicyclic) bond motifs is 1. The molecule has 0 spiro atoms. The van der Waals surface area contributed by atoms with Crippen molar-refractivity contribution in [2.75, 3.05) is 31.6 Å². The zero-order valence-electron chi connectivity index (χ0n) is 12.7. The molecule has 3 rings (SSSR count). The van der Waals surface area contributed by atoms with Crippen molar-refractivity contribution in [2.45, 2.75) is 32.4 Å². The summed E-state index contributed by atoms with van der Waals surface area (Å²) in [6.07, 6.45) is 1.94. The van der Waals surface area contributed by atoms with E-state index in [1.807, 2.05) is 32.2 Å². The van der Waals surface area contributed by atoms with Crippen molar-refractivity contribution in [3.05, 3.63) is 29.8 Å². The molecule has 2 heterocycles. The summed E-state index contributed by atoms with van der Waals surface area (Å²) in [5, 5.41) is 0. The third-order valence-electron chi connectivity index (χ3n) is 4.45. The van der Waals surface area contributed by atoms with Crippen molar-refractivity contribution in [1.82, 2.24) is 8.61 Å². The maximum atomic E-state index is 12.9. The highest BCUT2D eigenvalue weighted by Crippen LogP contribution is 2.29. The molecule has 0 radical (unpaired) electrons. The molecule has 2 aliphatic heterocycles. The van der Waals surface area contributed by atoms with E-state index in [4.69, 9.17) is 0 Å². The molecule has 0 bridgehead atoms. The first-order valence-electron chi connectivity index (χ1n) is 7.56. The Hall–Kier alpha value is -1.11. The molecule has 1 atom stereocenters. The van der Waals surface area contributed by atoms with Crippen LogP contribution in [0.4, 0.5) is 5.69 Å². The first-order chi connectivity index (χ1) is 10.00. The molecular weight excluding hydrogens is 286 g/mol. The topological polar surface area (TPSA) is 43.9 Å². The highest BCUT2D eigenvalue weighted by molar-refractivity contribution is 7.86. The van der Waals surface area contributed by atoms with Crippen LogP contribution in [0.15, 0.2) is 24.3 Å². The zero-order chi connectivity index (χ0) is 15.0. The van der Waals surface area contributed by atoms with Crippen LogP contribution in [0.3, 0.4) is 0 Å². The van der Waals surface area contributed by atoms with Crippen molar-refractivity contribution < 1.29 is 8.42 Å². The molecule has 1 fully saturated rings. The predicted molar refractivity (Wildman–Crippen MR) is 84.4 cm³/mol. The molecule has 116 valence electrons. The third kappa shape index (κ3) is 2.67. The van der Waals surface area contributed by atoms with Crippen LogP contribution in [-0.2, 0) is 16.8 Å². The summed E-state index contributed by atoms with van der Waals surface area (Å²) in [4.78, 5) is 2.15. The van der Waals surface area contributed by atoms with Gasteiger partial charge in [-0.15, -0.1) is 0 Å². The molecule has 2 aliphatic rings. The fourth-order valence-corrected chi connectivity index (χ4v) is 5.14. The predicted octanol–water partition coefficient (Wildman–Crippen LogP) is 1.67. The Morgan fingerprint density at radius 2 is 1.81 bits per heavy atom. The van der Waals surface area contributed by atoms with Gasteiger partial charge in [-0.2, -0.15) is 17.0 Å². The van der Waals surface area contributed by atoms with Gasteiger partial charge in [-0.05, 0) is 31.4 Å². The Morgan fingerprint density at radius 3 is 2.52 bits per heavy atom. The van der Waals surface area contributed by atoms with Crippen molar-refractivity contribution >= 4 is 15.9 Å². The molecule has 0 saturated carbocycles. The standard InChI is InChI=1S/C15H23N3O2S/c1-13-11-16(2)15-8-4-3-7-14(15)12-18(13)21(19,20)17-9-5-6-10-17/h3-4,7-8,13H,5-6,9-12H2,1-2H3/t13-/m1/s1. The molecule has 21 heavy (non-hydrogen) atoms. The normalized spacial score (nSPS) is 24.9. The van der Waals surface area contributed by atoms with E-state index in [1.165, 1.54) is 0 Å². The monoisotopic (exact) mass is 309 g/mol. The molecule has 0 unspecified atom stereocenters. The molecule has 0 aromatic heterocycles. The third-order valence-corrected chi connectivity index (χ3v) is 6.55. The smallest absolute Gasteiger partial charge is 0.282 e. The van der Waals surface area contributed by atoms with Crippen molar-refractivity contribution in [3.63, 3.8) is 0 Å². The Kier molecular flexibility index (Phi) is 3.94. The van der Waals surface area contributed by atoms with E-state index in [0.29, 0.717) is 26.2 Å². The van der Waals surface area contributed by atoms with Crippen LogP contribution in [0.2, 0.25) is 0 Å². The fourth-order valence-electron chi connectivity index (χ4n) is 3.30. The second kappa shape index (κ2) is 5.59. The number of benzene rings is 1.